The Morgan fingerprint density at radius 3 is 2.23 bits per heavy atom. The molecule has 0 radical (unpaired) electrons. The van der Waals surface area contributed by atoms with E-state index in [1.54, 1.807) is 7.11 Å². The third-order valence-electron chi connectivity index (χ3n) is 6.50. The van der Waals surface area contributed by atoms with Crippen LogP contribution >= 0.6 is 0 Å². The Morgan fingerprint density at radius 2 is 1.57 bits per heavy atom. The Labute approximate surface area is 177 Å². The molecular formula is C26H27NO3. The van der Waals surface area contributed by atoms with Crippen molar-refractivity contribution >= 4 is 0 Å². The number of fused-ring (bicyclic) bond motifs is 2. The van der Waals surface area contributed by atoms with Crippen LogP contribution in [0, 0.1) is 0 Å². The number of rotatable bonds is 4. The predicted molar refractivity (Wildman–Crippen MR) is 116 cm³/mol. The maximum Gasteiger partial charge on any atom is 0.221 e. The van der Waals surface area contributed by atoms with Crippen LogP contribution < -0.4 is 4.74 Å². The largest absolute Gasteiger partial charge is 0.497 e. The van der Waals surface area contributed by atoms with Crippen molar-refractivity contribution in [2.45, 2.75) is 30.8 Å². The Bertz CT molecular complexity index is 1010. The predicted octanol–water partition coefficient (Wildman–Crippen LogP) is 4.41. The lowest BCUT2D eigenvalue weighted by atomic mass is 9.82. The van der Waals surface area contributed by atoms with E-state index in [1.807, 2.05) is 42.5 Å². The van der Waals surface area contributed by atoms with Gasteiger partial charge in [-0.15, -0.1) is 0 Å². The van der Waals surface area contributed by atoms with Gasteiger partial charge in [-0.3, -0.25) is 4.90 Å². The van der Waals surface area contributed by atoms with Crippen LogP contribution in [0.5, 0.6) is 5.75 Å². The monoisotopic (exact) mass is 401 g/mol. The van der Waals surface area contributed by atoms with Gasteiger partial charge >= 0.3 is 0 Å². The molecule has 1 unspecified atom stereocenters. The first-order valence-corrected chi connectivity index (χ1v) is 10.6. The molecule has 0 aromatic heterocycles. The number of hydrogen-bond donors (Lipinski definition) is 1. The standard InChI is InChI=1S/C26H27NO3/c1-29-22-12-13-23-24(18-22)26(28,21-10-6-3-7-11-21)30-25(23)14-16-27(17-15-25)19-20-8-4-2-5-9-20/h2-13,18,28H,14-17,19H2,1H3. The smallest absolute Gasteiger partial charge is 0.221 e. The molecule has 0 saturated carbocycles. The van der Waals surface area contributed by atoms with Gasteiger partial charge in [-0.1, -0.05) is 66.7 Å². The second-order valence-corrected chi connectivity index (χ2v) is 8.28. The summed E-state index contributed by atoms with van der Waals surface area (Å²) >= 11 is 0. The fourth-order valence-electron chi connectivity index (χ4n) is 4.88. The lowest BCUT2D eigenvalue weighted by molar-refractivity contribution is -0.244. The highest BCUT2D eigenvalue weighted by molar-refractivity contribution is 5.49. The van der Waals surface area contributed by atoms with Gasteiger partial charge in [0.15, 0.2) is 0 Å². The summed E-state index contributed by atoms with van der Waals surface area (Å²) in [5, 5.41) is 11.8. The molecule has 2 heterocycles. The molecule has 0 amide bonds. The molecule has 4 heteroatoms. The van der Waals surface area contributed by atoms with Crippen LogP contribution in [0.2, 0.25) is 0 Å². The number of likely N-dealkylation sites (tertiary alicyclic amines) is 1. The highest BCUT2D eigenvalue weighted by atomic mass is 16.6. The first-order chi connectivity index (χ1) is 14.6. The number of hydrogen-bond acceptors (Lipinski definition) is 4. The summed E-state index contributed by atoms with van der Waals surface area (Å²) in [5.41, 5.74) is 3.47. The average molecular weight is 402 g/mol. The van der Waals surface area contributed by atoms with E-state index in [0.29, 0.717) is 0 Å². The first-order valence-electron chi connectivity index (χ1n) is 10.6. The summed E-state index contributed by atoms with van der Waals surface area (Å²) < 4.78 is 12.1. The molecule has 0 aliphatic carbocycles. The third-order valence-corrected chi connectivity index (χ3v) is 6.50. The maximum absolute atomic E-state index is 11.8. The molecule has 1 N–H and O–H groups in total. The van der Waals surface area contributed by atoms with Gasteiger partial charge in [0.25, 0.3) is 0 Å². The van der Waals surface area contributed by atoms with Gasteiger partial charge in [-0.05, 0) is 36.1 Å². The van der Waals surface area contributed by atoms with Crippen molar-refractivity contribution < 1.29 is 14.6 Å². The molecule has 154 valence electrons. The van der Waals surface area contributed by atoms with Gasteiger partial charge in [-0.25, -0.2) is 0 Å². The average Bonchev–Trinajstić information content (AvgIpc) is 3.05. The SMILES string of the molecule is COc1ccc2c(c1)C(O)(c1ccccc1)OC21CCN(Cc2ccccc2)CC1. The number of nitrogens with zero attached hydrogens (tertiary/aromatic N) is 1. The minimum atomic E-state index is -1.47. The highest BCUT2D eigenvalue weighted by Crippen LogP contribution is 2.54. The summed E-state index contributed by atoms with van der Waals surface area (Å²) in [6.07, 6.45) is 1.68. The molecule has 3 aromatic rings. The molecular weight excluding hydrogens is 374 g/mol. The molecule has 3 aromatic carbocycles. The lowest BCUT2D eigenvalue weighted by Crippen LogP contribution is -2.44. The number of piperidine rings is 1. The molecule has 2 aliphatic heterocycles. The second kappa shape index (κ2) is 7.55. The minimum Gasteiger partial charge on any atom is -0.497 e. The Hall–Kier alpha value is -2.66. The first kappa shape index (κ1) is 19.3. The van der Waals surface area contributed by atoms with E-state index in [9.17, 15) is 5.11 Å². The zero-order chi connectivity index (χ0) is 20.6. The fraction of sp³-hybridized carbons (Fsp3) is 0.308. The van der Waals surface area contributed by atoms with Crippen molar-refractivity contribution in [3.63, 3.8) is 0 Å². The van der Waals surface area contributed by atoms with Crippen molar-refractivity contribution in [3.05, 3.63) is 101 Å². The Morgan fingerprint density at radius 1 is 0.900 bits per heavy atom. The van der Waals surface area contributed by atoms with Crippen LogP contribution in [0.3, 0.4) is 0 Å². The summed E-state index contributed by atoms with van der Waals surface area (Å²) in [4.78, 5) is 2.47. The lowest BCUT2D eigenvalue weighted by Gasteiger charge is -2.40. The van der Waals surface area contributed by atoms with E-state index in [4.69, 9.17) is 9.47 Å². The van der Waals surface area contributed by atoms with Gasteiger partial charge in [0, 0.05) is 30.8 Å². The number of benzene rings is 3. The van der Waals surface area contributed by atoms with Gasteiger partial charge in [0.2, 0.25) is 5.79 Å². The molecule has 1 saturated heterocycles. The van der Waals surface area contributed by atoms with Gasteiger partial charge < -0.3 is 14.6 Å². The number of ether oxygens (including phenoxy) is 2. The molecule has 1 spiro atoms. The molecule has 5 rings (SSSR count). The van der Waals surface area contributed by atoms with Crippen molar-refractivity contribution in [2.75, 3.05) is 20.2 Å². The molecule has 4 nitrogen and oxygen atoms in total. The van der Waals surface area contributed by atoms with E-state index in [1.165, 1.54) is 5.56 Å². The molecule has 1 fully saturated rings. The zero-order valence-electron chi connectivity index (χ0n) is 17.3. The summed E-state index contributed by atoms with van der Waals surface area (Å²) in [6, 6.07) is 26.2. The normalized spacial score (nSPS) is 22.7. The number of aliphatic hydroxyl groups is 1. The molecule has 0 bridgehead atoms. The summed E-state index contributed by atoms with van der Waals surface area (Å²) in [6.45, 7) is 2.78. The summed E-state index contributed by atoms with van der Waals surface area (Å²) in [5.74, 6) is -0.738. The van der Waals surface area contributed by atoms with Crippen molar-refractivity contribution in [2.24, 2.45) is 0 Å². The van der Waals surface area contributed by atoms with Gasteiger partial charge in [0.05, 0.1) is 7.11 Å². The van der Waals surface area contributed by atoms with Crippen LogP contribution in [0.25, 0.3) is 0 Å². The second-order valence-electron chi connectivity index (χ2n) is 8.28. The van der Waals surface area contributed by atoms with Crippen LogP contribution in [0.4, 0.5) is 0 Å². The third kappa shape index (κ3) is 3.21. The fourth-order valence-corrected chi connectivity index (χ4v) is 4.88. The molecule has 2 aliphatic rings. The quantitative estimate of drug-likeness (QED) is 0.703. The molecule has 1 atom stereocenters. The maximum atomic E-state index is 11.8. The van der Waals surface area contributed by atoms with Crippen LogP contribution in [-0.2, 0) is 22.7 Å². The minimum absolute atomic E-state index is 0.487. The van der Waals surface area contributed by atoms with Crippen molar-refractivity contribution in [1.82, 2.24) is 4.90 Å². The number of methoxy groups -OCH3 is 1. The zero-order valence-corrected chi connectivity index (χ0v) is 17.3. The topological polar surface area (TPSA) is 41.9 Å². The van der Waals surface area contributed by atoms with E-state index < -0.39 is 11.4 Å². The van der Waals surface area contributed by atoms with E-state index >= 15 is 0 Å². The van der Waals surface area contributed by atoms with E-state index in [0.717, 1.165) is 54.9 Å². The van der Waals surface area contributed by atoms with Crippen LogP contribution in [0.15, 0.2) is 78.9 Å². The van der Waals surface area contributed by atoms with Gasteiger partial charge in [0.1, 0.15) is 11.4 Å². The Kier molecular flexibility index (Phi) is 4.86. The van der Waals surface area contributed by atoms with Crippen molar-refractivity contribution in [3.8, 4) is 5.75 Å². The van der Waals surface area contributed by atoms with E-state index in [2.05, 4.69) is 41.3 Å². The molecule has 30 heavy (non-hydrogen) atoms. The highest BCUT2D eigenvalue weighted by Gasteiger charge is 2.54. The van der Waals surface area contributed by atoms with E-state index in [-0.39, 0.29) is 0 Å². The van der Waals surface area contributed by atoms with Gasteiger partial charge in [-0.2, -0.15) is 0 Å². The Balaban J connectivity index is 1.46. The van der Waals surface area contributed by atoms with Crippen molar-refractivity contribution in [1.29, 1.82) is 0 Å². The van der Waals surface area contributed by atoms with Crippen LogP contribution in [0.1, 0.15) is 35.1 Å². The summed E-state index contributed by atoms with van der Waals surface area (Å²) in [7, 11) is 1.65. The van der Waals surface area contributed by atoms with Crippen LogP contribution in [-0.4, -0.2) is 30.2 Å².